The van der Waals surface area contributed by atoms with Crippen LogP contribution in [0.5, 0.6) is 0 Å². The van der Waals surface area contributed by atoms with E-state index in [9.17, 15) is 19.2 Å². The molecule has 0 aliphatic carbocycles. The van der Waals surface area contributed by atoms with Crippen LogP contribution in [0.3, 0.4) is 0 Å². The van der Waals surface area contributed by atoms with Crippen LogP contribution in [0.4, 0.5) is 0 Å². The summed E-state index contributed by atoms with van der Waals surface area (Å²) >= 11 is 1.03. The van der Waals surface area contributed by atoms with Gasteiger partial charge < -0.3 is 0 Å². The number of carbonyl (C=O) groups excluding carboxylic acids is 4. The molecule has 1 heterocycles. The molecule has 1 unspecified atom stereocenters. The Morgan fingerprint density at radius 3 is 2.33 bits per heavy atom. The number of carbonyl (C=O) groups is 4. The summed E-state index contributed by atoms with van der Waals surface area (Å²) in [4.78, 5) is 47.2. The molecule has 4 amide bonds. The molecule has 1 aromatic carbocycles. The monoisotopic (exact) mass is 521 g/mol. The summed E-state index contributed by atoms with van der Waals surface area (Å²) in [5.74, 6) is -1.54. The molecule has 1 atom stereocenters. The number of aryl methyl sites for hydroxylation is 1. The van der Waals surface area contributed by atoms with Gasteiger partial charge in [-0.25, -0.2) is 0 Å². The summed E-state index contributed by atoms with van der Waals surface area (Å²) < 4.78 is 2.19. The molecule has 1 aliphatic heterocycles. The Hall–Kier alpha value is -1.56. The third kappa shape index (κ3) is 5.81. The van der Waals surface area contributed by atoms with Gasteiger partial charge in [-0.05, 0) is 25.0 Å². The zero-order valence-electron chi connectivity index (χ0n) is 14.7. The van der Waals surface area contributed by atoms with Crippen molar-refractivity contribution in [3.63, 3.8) is 0 Å². The Balaban J connectivity index is 0.00000123. The minimum absolute atomic E-state index is 0.113. The summed E-state index contributed by atoms with van der Waals surface area (Å²) in [6.07, 6.45) is 0.609. The fourth-order valence-corrected chi connectivity index (χ4v) is 2.16. The first-order chi connectivity index (χ1) is 11.5. The zero-order valence-corrected chi connectivity index (χ0v) is 20.2. The van der Waals surface area contributed by atoms with Gasteiger partial charge in [0.1, 0.15) is 6.04 Å². The second-order valence-corrected chi connectivity index (χ2v) is 4.60. The van der Waals surface area contributed by atoms with Crippen LogP contribution in [0, 0.1) is 6.92 Å². The van der Waals surface area contributed by atoms with Crippen molar-refractivity contribution in [3.8, 4) is 0 Å². The van der Waals surface area contributed by atoms with Gasteiger partial charge in [0.25, 0.3) is 5.91 Å². The number of hydrogen-bond donors (Lipinski definition) is 1. The Labute approximate surface area is 158 Å². The summed E-state index contributed by atoms with van der Waals surface area (Å²) in [5.41, 5.74) is 1.08. The number of nitrogens with zero attached hydrogens (tertiary/aromatic N) is 1. The molecule has 0 spiro atoms. The number of amides is 4. The number of benzene rings is 1. The van der Waals surface area contributed by atoms with Crippen molar-refractivity contribution < 1.29 is 45.3 Å². The molecule has 0 aromatic heterocycles. The van der Waals surface area contributed by atoms with Crippen LogP contribution >= 0.6 is 0 Å². The van der Waals surface area contributed by atoms with Crippen LogP contribution in [0.2, 0.25) is 4.43 Å². The Morgan fingerprint density at radius 1 is 1.25 bits per heavy atom. The second kappa shape index (κ2) is 11.9. The fraction of sp³-hybridized carbons (Fsp3) is 0.412. The maximum absolute atomic E-state index is 12.4. The normalized spacial score (nSPS) is 15.8. The fourth-order valence-electron chi connectivity index (χ4n) is 2.16. The van der Waals surface area contributed by atoms with E-state index in [-0.39, 0.29) is 18.7 Å². The topological polar surface area (TPSA) is 83.6 Å². The second-order valence-electron chi connectivity index (χ2n) is 4.60. The number of nitrogens with one attached hydrogen (secondary N) is 1. The number of piperidine rings is 1. The molecule has 0 radical (unpaired) electrons. The van der Waals surface area contributed by atoms with Crippen molar-refractivity contribution in [3.05, 3.63) is 35.4 Å². The molecule has 1 aliphatic rings. The Bertz CT molecular complexity index is 590. The van der Waals surface area contributed by atoms with E-state index in [0.717, 1.165) is 36.6 Å². The molecule has 6 nitrogen and oxygen atoms in total. The first-order valence-electron chi connectivity index (χ1n) is 7.92. The first kappa shape index (κ1) is 22.4. The zero-order chi connectivity index (χ0) is 18.7. The molecule has 1 fully saturated rings. The van der Waals surface area contributed by atoms with Gasteiger partial charge in [0, 0.05) is 12.0 Å². The minimum atomic E-state index is -0.933. The maximum atomic E-state index is 12.4. The molecule has 1 aromatic rings. The van der Waals surface area contributed by atoms with Crippen molar-refractivity contribution in [2.45, 2.75) is 44.1 Å². The SMILES string of the molecule is CC.Cc1ccccc1C(=O)N(C=O)C1CCC(=O)NC1=O.[CH3][Hg]. The molecule has 127 valence electrons. The van der Waals surface area contributed by atoms with Gasteiger partial charge in [0.15, 0.2) is 0 Å². The molecular weight excluding hydrogens is 497 g/mol. The summed E-state index contributed by atoms with van der Waals surface area (Å²) in [5, 5.41) is 2.13. The van der Waals surface area contributed by atoms with Gasteiger partial charge >= 0.3 is 30.6 Å². The van der Waals surface area contributed by atoms with Crippen LogP contribution in [-0.4, -0.2) is 35.1 Å². The van der Waals surface area contributed by atoms with Gasteiger partial charge in [-0.1, -0.05) is 32.0 Å². The van der Waals surface area contributed by atoms with Crippen LogP contribution in [0.15, 0.2) is 24.3 Å². The quantitative estimate of drug-likeness (QED) is 0.376. The Kier molecular flexibility index (Phi) is 11.1. The van der Waals surface area contributed by atoms with Crippen molar-refractivity contribution in [1.29, 1.82) is 0 Å². The van der Waals surface area contributed by atoms with Crippen molar-refractivity contribution in [2.24, 2.45) is 0 Å². The van der Waals surface area contributed by atoms with E-state index in [4.69, 9.17) is 0 Å². The van der Waals surface area contributed by atoms with Crippen molar-refractivity contribution >= 4 is 24.1 Å². The van der Waals surface area contributed by atoms with Gasteiger partial charge in [-0.2, -0.15) is 0 Å². The van der Waals surface area contributed by atoms with E-state index >= 15 is 0 Å². The van der Waals surface area contributed by atoms with E-state index in [1.807, 2.05) is 13.8 Å². The summed E-state index contributed by atoms with van der Waals surface area (Å²) in [7, 11) is 0. The third-order valence-corrected chi connectivity index (χ3v) is 3.27. The van der Waals surface area contributed by atoms with E-state index in [2.05, 4.69) is 9.75 Å². The first-order valence-corrected chi connectivity index (χ1v) is 13.4. The molecule has 2 rings (SSSR count). The third-order valence-electron chi connectivity index (χ3n) is 3.27. The number of hydrogen-bond acceptors (Lipinski definition) is 4. The number of rotatable bonds is 3. The molecule has 7 heteroatoms. The molecule has 0 bridgehead atoms. The average molecular weight is 520 g/mol. The standard InChI is InChI=1S/C14H14N2O4.C2H6.CH3.Hg/c1-9-4-2-3-5-10(9)14(20)16(8-17)11-6-7-12(18)15-13(11)19;1-2;;/h2-5,8,11H,6-7H2,1H3,(H,15,18,19);1-2H3;1H3;. The summed E-state index contributed by atoms with van der Waals surface area (Å²) in [6.45, 7) is 5.75. The molecule has 1 saturated heterocycles. The number of imide groups is 2. The van der Waals surface area contributed by atoms with Crippen LogP contribution in [0.25, 0.3) is 0 Å². The van der Waals surface area contributed by atoms with Gasteiger partial charge in [0.2, 0.25) is 18.2 Å². The predicted octanol–water partition coefficient (Wildman–Crippen LogP) is 2.01. The predicted molar refractivity (Wildman–Crippen MR) is 86.8 cm³/mol. The van der Waals surface area contributed by atoms with E-state index < -0.39 is 17.9 Å². The van der Waals surface area contributed by atoms with Crippen LogP contribution < -0.4 is 5.32 Å². The van der Waals surface area contributed by atoms with E-state index in [1.54, 1.807) is 31.2 Å². The van der Waals surface area contributed by atoms with Crippen LogP contribution in [-0.2, 0) is 40.5 Å². The van der Waals surface area contributed by atoms with Gasteiger partial charge in [0.05, 0.1) is 0 Å². The Morgan fingerprint density at radius 2 is 1.83 bits per heavy atom. The van der Waals surface area contributed by atoms with E-state index in [0.29, 0.717) is 12.0 Å². The molecule has 0 saturated carbocycles. The molecule has 24 heavy (non-hydrogen) atoms. The van der Waals surface area contributed by atoms with Gasteiger partial charge in [-0.15, -0.1) is 0 Å². The molecule has 1 N–H and O–H groups in total. The van der Waals surface area contributed by atoms with Crippen molar-refractivity contribution in [1.82, 2.24) is 10.2 Å². The summed E-state index contributed by atoms with van der Waals surface area (Å²) in [6, 6.07) is 5.88. The molecular formula is C17H23HgN2O4. The average Bonchev–Trinajstić information content (AvgIpc) is 2.61. The van der Waals surface area contributed by atoms with Crippen LogP contribution in [0.1, 0.15) is 42.6 Å². The van der Waals surface area contributed by atoms with Crippen molar-refractivity contribution in [2.75, 3.05) is 0 Å². The van der Waals surface area contributed by atoms with E-state index in [1.165, 1.54) is 0 Å². The van der Waals surface area contributed by atoms with Gasteiger partial charge in [-0.3, -0.25) is 29.4 Å².